The minimum Gasteiger partial charge on any atom is -0.369 e. The molecule has 1 N–H and O–H groups in total. The van der Waals surface area contributed by atoms with E-state index in [1.807, 2.05) is 6.92 Å². The number of hydrogen-bond acceptors (Lipinski definition) is 5. The van der Waals surface area contributed by atoms with Gasteiger partial charge in [0.05, 0.1) is 3.57 Å². The van der Waals surface area contributed by atoms with Gasteiger partial charge >= 0.3 is 0 Å². The molecule has 0 unspecified atom stereocenters. The van der Waals surface area contributed by atoms with E-state index in [4.69, 9.17) is 0 Å². The number of nitrogens with zero attached hydrogens (tertiary/aromatic N) is 4. The summed E-state index contributed by atoms with van der Waals surface area (Å²) >= 11 is 2.21. The number of hydrogen-bond donors (Lipinski definition) is 1. The Morgan fingerprint density at radius 3 is 2.44 bits per heavy atom. The second-order valence-electron chi connectivity index (χ2n) is 3.90. The molecule has 2 aromatic heterocycles. The van der Waals surface area contributed by atoms with E-state index >= 15 is 0 Å². The van der Waals surface area contributed by atoms with Crippen molar-refractivity contribution in [3.8, 4) is 11.6 Å². The van der Waals surface area contributed by atoms with Gasteiger partial charge in [-0.3, -0.25) is 0 Å². The van der Waals surface area contributed by atoms with Crippen molar-refractivity contribution in [1.82, 2.24) is 19.9 Å². The Bertz CT molecular complexity index is 526. The summed E-state index contributed by atoms with van der Waals surface area (Å²) in [5.41, 5.74) is 1.02. The van der Waals surface area contributed by atoms with E-state index in [0.29, 0.717) is 11.6 Å². The van der Waals surface area contributed by atoms with Crippen molar-refractivity contribution in [2.24, 2.45) is 0 Å². The lowest BCUT2D eigenvalue weighted by Gasteiger charge is -2.07. The molecule has 0 saturated carbocycles. The molecule has 0 amide bonds. The normalized spacial score (nSPS) is 10.4. The van der Waals surface area contributed by atoms with Gasteiger partial charge in [0.2, 0.25) is 0 Å². The minimum atomic E-state index is 0.550. The van der Waals surface area contributed by atoms with Crippen LogP contribution in [0.5, 0.6) is 0 Å². The van der Waals surface area contributed by atoms with E-state index in [2.05, 4.69) is 54.8 Å². The van der Waals surface area contributed by atoms with Crippen LogP contribution in [0.25, 0.3) is 11.6 Å². The zero-order valence-corrected chi connectivity index (χ0v) is 12.5. The molecular weight excluding hydrogens is 341 g/mol. The van der Waals surface area contributed by atoms with Gasteiger partial charge in [-0.05, 0) is 41.5 Å². The smallest absolute Gasteiger partial charge is 0.199 e. The highest BCUT2D eigenvalue weighted by Gasteiger charge is 2.08. The monoisotopic (exact) mass is 355 g/mol. The summed E-state index contributed by atoms with van der Waals surface area (Å²) in [7, 11) is 0. The fraction of sp³-hybridized carbons (Fsp3) is 0.333. The highest BCUT2D eigenvalue weighted by Crippen LogP contribution is 2.18. The first-order valence-electron chi connectivity index (χ1n) is 5.76. The first kappa shape index (κ1) is 13.1. The number of rotatable bonds is 4. The number of nitrogens with one attached hydrogen (secondary N) is 1. The SMILES string of the molecule is CCCNc1nc(-c2ncc(C)cn2)ncc1I. The van der Waals surface area contributed by atoms with Gasteiger partial charge in [-0.15, -0.1) is 0 Å². The third kappa shape index (κ3) is 3.12. The molecule has 18 heavy (non-hydrogen) atoms. The van der Waals surface area contributed by atoms with E-state index in [1.165, 1.54) is 0 Å². The number of halogens is 1. The van der Waals surface area contributed by atoms with Crippen LogP contribution in [0.2, 0.25) is 0 Å². The summed E-state index contributed by atoms with van der Waals surface area (Å²) in [4.78, 5) is 17.2. The quantitative estimate of drug-likeness (QED) is 0.855. The summed E-state index contributed by atoms with van der Waals surface area (Å²) < 4.78 is 0.997. The van der Waals surface area contributed by atoms with Gasteiger partial charge < -0.3 is 5.32 Å². The predicted molar refractivity (Wildman–Crippen MR) is 79.3 cm³/mol. The van der Waals surface area contributed by atoms with Crippen molar-refractivity contribution in [2.45, 2.75) is 20.3 Å². The maximum atomic E-state index is 4.45. The topological polar surface area (TPSA) is 63.6 Å². The maximum Gasteiger partial charge on any atom is 0.199 e. The molecule has 0 atom stereocenters. The first-order valence-corrected chi connectivity index (χ1v) is 6.84. The minimum absolute atomic E-state index is 0.550. The number of aryl methyl sites for hydroxylation is 1. The zero-order chi connectivity index (χ0) is 13.0. The molecule has 2 heterocycles. The Kier molecular flexibility index (Phi) is 4.40. The first-order chi connectivity index (χ1) is 8.70. The number of anilines is 1. The van der Waals surface area contributed by atoms with Crippen molar-refractivity contribution >= 4 is 28.4 Å². The van der Waals surface area contributed by atoms with Gasteiger partial charge in [0, 0.05) is 25.1 Å². The van der Waals surface area contributed by atoms with Gasteiger partial charge in [-0.1, -0.05) is 6.92 Å². The molecule has 2 aromatic rings. The van der Waals surface area contributed by atoms with Crippen molar-refractivity contribution in [3.63, 3.8) is 0 Å². The largest absolute Gasteiger partial charge is 0.369 e. The summed E-state index contributed by atoms with van der Waals surface area (Å²) in [5.74, 6) is 1.94. The van der Waals surface area contributed by atoms with Crippen LogP contribution >= 0.6 is 22.6 Å². The standard InChI is InChI=1S/C12H14IN5/c1-3-4-14-10-9(13)7-17-12(18-10)11-15-5-8(2)6-16-11/h5-7H,3-4H2,1-2H3,(H,14,17,18). The Morgan fingerprint density at radius 2 is 1.78 bits per heavy atom. The fourth-order valence-corrected chi connectivity index (χ4v) is 1.80. The van der Waals surface area contributed by atoms with Gasteiger partial charge in [0.1, 0.15) is 5.82 Å². The van der Waals surface area contributed by atoms with Crippen molar-refractivity contribution in [1.29, 1.82) is 0 Å². The second-order valence-corrected chi connectivity index (χ2v) is 5.06. The van der Waals surface area contributed by atoms with Crippen molar-refractivity contribution in [2.75, 3.05) is 11.9 Å². The molecule has 0 spiro atoms. The van der Waals surface area contributed by atoms with E-state index in [-0.39, 0.29) is 0 Å². The molecule has 0 fully saturated rings. The Hall–Kier alpha value is -1.31. The van der Waals surface area contributed by atoms with Crippen LogP contribution in [-0.2, 0) is 0 Å². The third-order valence-electron chi connectivity index (χ3n) is 2.27. The van der Waals surface area contributed by atoms with Gasteiger partial charge in [0.25, 0.3) is 0 Å². The van der Waals surface area contributed by atoms with Crippen LogP contribution in [-0.4, -0.2) is 26.5 Å². The van der Waals surface area contributed by atoms with Crippen molar-refractivity contribution < 1.29 is 0 Å². The van der Waals surface area contributed by atoms with Crippen LogP contribution in [0.1, 0.15) is 18.9 Å². The molecule has 0 radical (unpaired) electrons. The highest BCUT2D eigenvalue weighted by molar-refractivity contribution is 14.1. The molecule has 0 aliphatic rings. The fourth-order valence-electron chi connectivity index (χ4n) is 1.35. The maximum absolute atomic E-state index is 4.45. The summed E-state index contributed by atoms with van der Waals surface area (Å²) in [5, 5.41) is 3.27. The molecule has 0 aliphatic carbocycles. The summed E-state index contributed by atoms with van der Waals surface area (Å²) in [6.07, 6.45) is 6.37. The van der Waals surface area contributed by atoms with E-state index < -0.39 is 0 Å². The lowest BCUT2D eigenvalue weighted by Crippen LogP contribution is -2.06. The van der Waals surface area contributed by atoms with Crippen LogP contribution in [0.4, 0.5) is 5.82 Å². The molecule has 5 nitrogen and oxygen atoms in total. The molecule has 94 valence electrons. The van der Waals surface area contributed by atoms with Crippen LogP contribution < -0.4 is 5.32 Å². The van der Waals surface area contributed by atoms with Crippen LogP contribution in [0, 0.1) is 10.5 Å². The average Bonchev–Trinajstić information content (AvgIpc) is 2.39. The van der Waals surface area contributed by atoms with Gasteiger partial charge in [-0.25, -0.2) is 19.9 Å². The summed E-state index contributed by atoms with van der Waals surface area (Å²) in [6.45, 7) is 4.96. The lowest BCUT2D eigenvalue weighted by atomic mass is 10.4. The van der Waals surface area contributed by atoms with E-state index in [9.17, 15) is 0 Å². The molecule has 0 saturated heterocycles. The molecule has 0 aliphatic heterocycles. The van der Waals surface area contributed by atoms with Crippen LogP contribution in [0.15, 0.2) is 18.6 Å². The Morgan fingerprint density at radius 1 is 1.11 bits per heavy atom. The van der Waals surface area contributed by atoms with Crippen molar-refractivity contribution in [3.05, 3.63) is 27.7 Å². The van der Waals surface area contributed by atoms with Crippen LogP contribution in [0.3, 0.4) is 0 Å². The molecule has 6 heteroatoms. The predicted octanol–water partition coefficient (Wildman–Crippen LogP) is 2.67. The number of aromatic nitrogens is 4. The average molecular weight is 355 g/mol. The van der Waals surface area contributed by atoms with Gasteiger partial charge in [-0.2, -0.15) is 0 Å². The highest BCUT2D eigenvalue weighted by atomic mass is 127. The molecule has 0 bridgehead atoms. The van der Waals surface area contributed by atoms with Gasteiger partial charge in [0.15, 0.2) is 11.6 Å². The zero-order valence-electron chi connectivity index (χ0n) is 10.3. The third-order valence-corrected chi connectivity index (χ3v) is 3.06. The van der Waals surface area contributed by atoms with E-state index in [1.54, 1.807) is 18.6 Å². The lowest BCUT2D eigenvalue weighted by molar-refractivity contribution is 0.959. The molecule has 2 rings (SSSR count). The molecular formula is C12H14IN5. The molecule has 0 aromatic carbocycles. The summed E-state index contributed by atoms with van der Waals surface area (Å²) in [6, 6.07) is 0. The Balaban J connectivity index is 2.31. The Labute approximate surface area is 120 Å². The second kappa shape index (κ2) is 6.03. The van der Waals surface area contributed by atoms with E-state index in [0.717, 1.165) is 27.9 Å².